The highest BCUT2D eigenvalue weighted by Gasteiger charge is 2.34. The molecule has 0 spiro atoms. The molecule has 0 bridgehead atoms. The molecule has 3 heterocycles. The molecule has 0 radical (unpaired) electrons. The number of hydrogen-bond acceptors (Lipinski definition) is 4. The normalized spacial score (nSPS) is 19.0. The zero-order valence-corrected chi connectivity index (χ0v) is 13.9. The number of likely N-dealkylation sites (tertiary alicyclic amines) is 1. The molecule has 0 N–H and O–H groups in total. The van der Waals surface area contributed by atoms with E-state index in [1.165, 1.54) is 0 Å². The summed E-state index contributed by atoms with van der Waals surface area (Å²) in [5.41, 5.74) is 0.633. The molecule has 23 heavy (non-hydrogen) atoms. The van der Waals surface area contributed by atoms with Crippen LogP contribution in [0.3, 0.4) is 0 Å². The number of carbonyl (C=O) groups is 2. The van der Waals surface area contributed by atoms with E-state index in [0.717, 1.165) is 24.3 Å². The third-order valence-electron chi connectivity index (χ3n) is 4.13. The number of pyridine rings is 1. The molecule has 2 aliphatic rings. The second-order valence-electron chi connectivity index (χ2n) is 7.18. The van der Waals surface area contributed by atoms with Crippen molar-refractivity contribution in [2.45, 2.75) is 45.1 Å². The van der Waals surface area contributed by atoms with E-state index < -0.39 is 5.60 Å². The van der Waals surface area contributed by atoms with Crippen LogP contribution >= 0.6 is 0 Å². The largest absolute Gasteiger partial charge is 0.444 e. The Morgan fingerprint density at radius 1 is 1.30 bits per heavy atom. The van der Waals surface area contributed by atoms with E-state index in [1.807, 2.05) is 39.1 Å². The second kappa shape index (κ2) is 5.83. The van der Waals surface area contributed by atoms with Crippen LogP contribution in [0.15, 0.2) is 18.3 Å². The summed E-state index contributed by atoms with van der Waals surface area (Å²) >= 11 is 0. The van der Waals surface area contributed by atoms with Gasteiger partial charge in [-0.3, -0.25) is 9.69 Å². The number of aromatic nitrogens is 1. The maximum atomic E-state index is 11.9. The molecule has 0 unspecified atom stereocenters. The smallest absolute Gasteiger partial charge is 0.410 e. The lowest BCUT2D eigenvalue weighted by molar-refractivity contribution is -0.117. The van der Waals surface area contributed by atoms with Gasteiger partial charge in [0.1, 0.15) is 11.4 Å². The first-order chi connectivity index (χ1) is 10.8. The van der Waals surface area contributed by atoms with Gasteiger partial charge in [0, 0.05) is 38.2 Å². The highest BCUT2D eigenvalue weighted by molar-refractivity contribution is 5.94. The van der Waals surface area contributed by atoms with Crippen molar-refractivity contribution < 1.29 is 14.3 Å². The summed E-state index contributed by atoms with van der Waals surface area (Å²) in [5.74, 6) is 1.16. The van der Waals surface area contributed by atoms with E-state index in [0.29, 0.717) is 25.4 Å². The molecule has 2 fully saturated rings. The Bertz CT molecular complexity index is 601. The predicted molar refractivity (Wildman–Crippen MR) is 86.4 cm³/mol. The maximum Gasteiger partial charge on any atom is 0.410 e. The SMILES string of the molecule is CC(C)(C)OC(=O)N1CC(c2ccc(N3CCCC3=O)nc2)C1. The van der Waals surface area contributed by atoms with Gasteiger partial charge < -0.3 is 9.64 Å². The highest BCUT2D eigenvalue weighted by atomic mass is 16.6. The number of rotatable bonds is 2. The van der Waals surface area contributed by atoms with E-state index in [9.17, 15) is 9.59 Å². The van der Waals surface area contributed by atoms with Gasteiger partial charge in [0.2, 0.25) is 5.91 Å². The van der Waals surface area contributed by atoms with Crippen molar-refractivity contribution in [3.63, 3.8) is 0 Å². The van der Waals surface area contributed by atoms with E-state index in [-0.39, 0.29) is 12.0 Å². The molecule has 0 aliphatic carbocycles. The molecular weight excluding hydrogens is 294 g/mol. The zero-order chi connectivity index (χ0) is 16.6. The quantitative estimate of drug-likeness (QED) is 0.841. The number of nitrogens with zero attached hydrogens (tertiary/aromatic N) is 3. The number of hydrogen-bond donors (Lipinski definition) is 0. The molecule has 1 aromatic heterocycles. The van der Waals surface area contributed by atoms with Crippen LogP contribution in [0.25, 0.3) is 0 Å². The Hall–Kier alpha value is -2.11. The summed E-state index contributed by atoms with van der Waals surface area (Å²) in [6, 6.07) is 3.90. The average molecular weight is 317 g/mol. The summed E-state index contributed by atoms with van der Waals surface area (Å²) < 4.78 is 5.35. The van der Waals surface area contributed by atoms with Crippen LogP contribution < -0.4 is 4.90 Å². The predicted octanol–water partition coefficient (Wildman–Crippen LogP) is 2.54. The Kier molecular flexibility index (Phi) is 4.00. The lowest BCUT2D eigenvalue weighted by Gasteiger charge is -2.39. The molecule has 0 aromatic carbocycles. The number of ether oxygens (including phenoxy) is 1. The van der Waals surface area contributed by atoms with Gasteiger partial charge in [-0.25, -0.2) is 9.78 Å². The lowest BCUT2D eigenvalue weighted by Crippen LogP contribution is -2.50. The monoisotopic (exact) mass is 317 g/mol. The van der Waals surface area contributed by atoms with Gasteiger partial charge in [-0.15, -0.1) is 0 Å². The molecule has 124 valence electrons. The van der Waals surface area contributed by atoms with Crippen LogP contribution in [0.2, 0.25) is 0 Å². The van der Waals surface area contributed by atoms with Gasteiger partial charge in [0.15, 0.2) is 0 Å². The fraction of sp³-hybridized carbons (Fsp3) is 0.588. The Balaban J connectivity index is 1.56. The van der Waals surface area contributed by atoms with Crippen molar-refractivity contribution in [3.8, 4) is 0 Å². The Morgan fingerprint density at radius 2 is 2.04 bits per heavy atom. The van der Waals surface area contributed by atoms with Crippen LogP contribution in [-0.4, -0.2) is 47.1 Å². The lowest BCUT2D eigenvalue weighted by atomic mass is 9.93. The van der Waals surface area contributed by atoms with Gasteiger partial charge >= 0.3 is 6.09 Å². The molecule has 6 heteroatoms. The zero-order valence-electron chi connectivity index (χ0n) is 13.9. The van der Waals surface area contributed by atoms with Crippen molar-refractivity contribution in [1.82, 2.24) is 9.88 Å². The minimum Gasteiger partial charge on any atom is -0.444 e. The molecule has 2 amide bonds. The van der Waals surface area contributed by atoms with E-state index in [1.54, 1.807) is 9.80 Å². The van der Waals surface area contributed by atoms with Crippen molar-refractivity contribution >= 4 is 17.8 Å². The molecule has 0 saturated carbocycles. The van der Waals surface area contributed by atoms with Crippen molar-refractivity contribution in [2.24, 2.45) is 0 Å². The van der Waals surface area contributed by atoms with Crippen LogP contribution in [0.1, 0.15) is 45.1 Å². The number of amides is 2. The van der Waals surface area contributed by atoms with Crippen LogP contribution in [0.4, 0.5) is 10.6 Å². The van der Waals surface area contributed by atoms with Crippen molar-refractivity contribution in [3.05, 3.63) is 23.9 Å². The van der Waals surface area contributed by atoms with Gasteiger partial charge in [0.05, 0.1) is 0 Å². The van der Waals surface area contributed by atoms with Crippen molar-refractivity contribution in [1.29, 1.82) is 0 Å². The molecule has 0 atom stereocenters. The van der Waals surface area contributed by atoms with Crippen LogP contribution in [0.5, 0.6) is 0 Å². The summed E-state index contributed by atoms with van der Waals surface area (Å²) in [6.07, 6.45) is 3.06. The summed E-state index contributed by atoms with van der Waals surface area (Å²) in [5, 5.41) is 0. The van der Waals surface area contributed by atoms with Crippen molar-refractivity contribution in [2.75, 3.05) is 24.5 Å². The molecule has 2 aliphatic heterocycles. The first kappa shape index (κ1) is 15.8. The minimum atomic E-state index is -0.465. The minimum absolute atomic E-state index is 0.144. The van der Waals surface area contributed by atoms with Gasteiger partial charge in [-0.2, -0.15) is 0 Å². The van der Waals surface area contributed by atoms with Gasteiger partial charge in [-0.05, 0) is 38.8 Å². The Labute approximate surface area is 136 Å². The number of carbonyl (C=O) groups excluding carboxylic acids is 2. The molecule has 2 saturated heterocycles. The van der Waals surface area contributed by atoms with E-state index in [2.05, 4.69) is 4.98 Å². The summed E-state index contributed by atoms with van der Waals surface area (Å²) in [4.78, 5) is 31.5. The standard InChI is InChI=1S/C17H23N3O3/c1-17(2,3)23-16(22)19-10-13(11-19)12-6-7-14(18-9-12)20-8-4-5-15(20)21/h6-7,9,13H,4-5,8,10-11H2,1-3H3. The third-order valence-corrected chi connectivity index (χ3v) is 4.13. The van der Waals surface area contributed by atoms with E-state index >= 15 is 0 Å². The van der Waals surface area contributed by atoms with Crippen LogP contribution in [-0.2, 0) is 9.53 Å². The fourth-order valence-corrected chi connectivity index (χ4v) is 2.85. The topological polar surface area (TPSA) is 62.7 Å². The molecule has 6 nitrogen and oxygen atoms in total. The van der Waals surface area contributed by atoms with Gasteiger partial charge in [0.25, 0.3) is 0 Å². The second-order valence-corrected chi connectivity index (χ2v) is 7.18. The van der Waals surface area contributed by atoms with Crippen LogP contribution in [0, 0.1) is 0 Å². The first-order valence-corrected chi connectivity index (χ1v) is 8.08. The summed E-state index contributed by atoms with van der Waals surface area (Å²) in [7, 11) is 0. The average Bonchev–Trinajstić information content (AvgIpc) is 2.82. The number of anilines is 1. The molecule has 1 aromatic rings. The van der Waals surface area contributed by atoms with Gasteiger partial charge in [-0.1, -0.05) is 6.07 Å². The highest BCUT2D eigenvalue weighted by Crippen LogP contribution is 2.29. The third kappa shape index (κ3) is 3.46. The molecular formula is C17H23N3O3. The summed E-state index contributed by atoms with van der Waals surface area (Å²) in [6.45, 7) is 7.65. The van der Waals surface area contributed by atoms with E-state index in [4.69, 9.17) is 4.74 Å². The first-order valence-electron chi connectivity index (χ1n) is 8.08. The fourth-order valence-electron chi connectivity index (χ4n) is 2.85. The Morgan fingerprint density at radius 3 is 2.57 bits per heavy atom. The molecule has 3 rings (SSSR count). The maximum absolute atomic E-state index is 11.9.